The van der Waals surface area contributed by atoms with Gasteiger partial charge in [-0.25, -0.2) is 19.4 Å². The average molecular weight is 1420 g/mol. The third-order valence-corrected chi connectivity index (χ3v) is 18.5. The van der Waals surface area contributed by atoms with Crippen molar-refractivity contribution in [2.45, 2.75) is 195 Å². The number of aliphatic imine (C=N–C) groups is 1. The van der Waals surface area contributed by atoms with Gasteiger partial charge in [0.05, 0.1) is 23.8 Å². The lowest BCUT2D eigenvalue weighted by molar-refractivity contribution is -0.142. The number of urea groups is 1. The predicted molar refractivity (Wildman–Crippen MR) is 384 cm³/mol. The number of likely N-dealkylation sites (tertiary alicyclic amines) is 1. The number of thioether (sulfide) groups is 1. The number of hydrogen-bond donors (Lipinski definition) is 9. The minimum Gasteiger partial charge on any atom is -0.481 e. The summed E-state index contributed by atoms with van der Waals surface area (Å²) in [6, 6.07) is 8.26. The van der Waals surface area contributed by atoms with Gasteiger partial charge in [-0.05, 0) is 125 Å². The Labute approximate surface area is 593 Å². The number of piperidine rings is 1. The Bertz CT molecular complexity index is 3100. The number of carbonyl (C=O) groups is 11. The minimum atomic E-state index is -1.09. The zero-order valence-corrected chi connectivity index (χ0v) is 61.6. The number of carbonyl (C=O) groups excluding carboxylic acids is 10. The van der Waals surface area contributed by atoms with E-state index >= 15 is 0 Å². The Balaban J connectivity index is 1.35. The largest absolute Gasteiger partial charge is 0.481 e. The molecule has 2 aromatic carbocycles. The van der Waals surface area contributed by atoms with Crippen molar-refractivity contribution >= 4 is 88.7 Å². The number of amides is 11. The van der Waals surface area contributed by atoms with Gasteiger partial charge in [-0.2, -0.15) is 0 Å². The van der Waals surface area contributed by atoms with E-state index in [1.807, 2.05) is 39.6 Å². The SMILES string of the molecule is CCCOC(CC(C(C)C)N(CCC)C(=O)C(NC(=O)C1CCCCN1C)C(C)CC)C1=NC(C(=O)NC(Cc2ccc(OC(=O)N(C)CCN(C)C(=O)OCc3ccc(NC(=O)C(CCCNC(N)=O)NC(=O)C(NC(=O)CCNC(C)=O)C(C)C)cc3)cc2)CC(C)C(=O)O)=CSC1. The van der Waals surface area contributed by atoms with Gasteiger partial charge in [0.2, 0.25) is 35.4 Å². The van der Waals surface area contributed by atoms with Crippen molar-refractivity contribution < 1.29 is 72.1 Å². The number of nitrogens with zero attached hydrogens (tertiary/aromatic N) is 5. The molecule has 4 rings (SSSR count). The van der Waals surface area contributed by atoms with E-state index in [4.69, 9.17) is 24.9 Å². The number of rotatable bonds is 41. The molecule has 9 unspecified atom stereocenters. The fraction of sp³-hybridized carbons (Fsp3) is 0.634. The van der Waals surface area contributed by atoms with E-state index in [2.05, 4.69) is 56.0 Å². The summed E-state index contributed by atoms with van der Waals surface area (Å²) in [6.07, 6.45) is 3.93. The lowest BCUT2D eigenvalue weighted by atomic mass is 9.91. The summed E-state index contributed by atoms with van der Waals surface area (Å²) in [5.41, 5.74) is 7.65. The first-order chi connectivity index (χ1) is 47.5. The van der Waals surface area contributed by atoms with Crippen LogP contribution in [0, 0.1) is 23.7 Å². The van der Waals surface area contributed by atoms with E-state index in [9.17, 15) is 57.8 Å². The van der Waals surface area contributed by atoms with Crippen LogP contribution in [0.3, 0.4) is 0 Å². The summed E-state index contributed by atoms with van der Waals surface area (Å²) in [7, 11) is 4.97. The van der Waals surface area contributed by atoms with Gasteiger partial charge in [0.25, 0.3) is 5.91 Å². The van der Waals surface area contributed by atoms with E-state index in [-0.39, 0.29) is 124 Å². The molecule has 2 aromatic rings. The summed E-state index contributed by atoms with van der Waals surface area (Å²) < 4.78 is 17.7. The Morgan fingerprint density at radius 2 is 1.43 bits per heavy atom. The van der Waals surface area contributed by atoms with Gasteiger partial charge in [-0.15, -0.1) is 11.8 Å². The second-order valence-electron chi connectivity index (χ2n) is 26.7. The van der Waals surface area contributed by atoms with Crippen LogP contribution in [0.2, 0.25) is 0 Å². The number of primary amides is 1. The van der Waals surface area contributed by atoms with Crippen molar-refractivity contribution in [1.29, 1.82) is 0 Å². The van der Waals surface area contributed by atoms with Gasteiger partial charge >= 0.3 is 24.2 Å². The fourth-order valence-electron chi connectivity index (χ4n) is 11.4. The van der Waals surface area contributed by atoms with Crippen molar-refractivity contribution in [3.63, 3.8) is 0 Å². The van der Waals surface area contributed by atoms with Crippen molar-refractivity contribution in [1.82, 2.24) is 51.5 Å². The van der Waals surface area contributed by atoms with Gasteiger partial charge in [-0.1, -0.05) is 99.4 Å². The normalized spacial score (nSPS) is 16.2. The number of nitrogens with one attached hydrogen (secondary N) is 7. The van der Waals surface area contributed by atoms with Crippen LogP contribution in [0.1, 0.15) is 151 Å². The van der Waals surface area contributed by atoms with Crippen LogP contribution >= 0.6 is 11.8 Å². The van der Waals surface area contributed by atoms with Gasteiger partial charge < -0.3 is 77.0 Å². The molecule has 28 nitrogen and oxygen atoms in total. The molecule has 556 valence electrons. The fourth-order valence-corrected chi connectivity index (χ4v) is 12.2. The number of aliphatic carboxylic acids is 1. The third-order valence-electron chi connectivity index (χ3n) is 17.6. The number of likely N-dealkylation sites (N-methyl/N-ethyl adjacent to an activating group) is 3. The maximum atomic E-state index is 14.9. The zero-order chi connectivity index (χ0) is 74.2. The number of nitrogens with two attached hydrogens (primary N) is 1. The maximum Gasteiger partial charge on any atom is 0.415 e. The average Bonchev–Trinajstić information content (AvgIpc) is 0.817. The molecule has 2 aliphatic rings. The lowest BCUT2D eigenvalue weighted by Crippen LogP contribution is -2.59. The first-order valence-corrected chi connectivity index (χ1v) is 36.0. The first-order valence-electron chi connectivity index (χ1n) is 35.0. The van der Waals surface area contributed by atoms with E-state index in [1.165, 1.54) is 42.6 Å². The van der Waals surface area contributed by atoms with Crippen molar-refractivity contribution in [2.75, 3.05) is 78.1 Å². The van der Waals surface area contributed by atoms with Crippen LogP contribution in [-0.2, 0) is 60.9 Å². The summed E-state index contributed by atoms with van der Waals surface area (Å²) in [4.78, 5) is 155. The molecule has 1 saturated heterocycles. The number of anilines is 1. The van der Waals surface area contributed by atoms with E-state index in [0.29, 0.717) is 55.1 Å². The van der Waals surface area contributed by atoms with E-state index in [0.717, 1.165) is 37.8 Å². The minimum absolute atomic E-state index is 0.00722. The molecule has 0 aromatic heterocycles. The number of carboxylic acids is 1. The molecule has 0 aliphatic carbocycles. The molecular weight excluding hydrogens is 1310 g/mol. The van der Waals surface area contributed by atoms with Gasteiger partial charge in [-0.3, -0.25) is 43.3 Å². The van der Waals surface area contributed by atoms with Crippen molar-refractivity contribution in [2.24, 2.45) is 34.4 Å². The van der Waals surface area contributed by atoms with E-state index in [1.54, 1.807) is 74.7 Å². The second kappa shape index (κ2) is 43.4. The summed E-state index contributed by atoms with van der Waals surface area (Å²) in [6.45, 7) is 20.5. The predicted octanol–water partition coefficient (Wildman–Crippen LogP) is 6.56. The zero-order valence-electron chi connectivity index (χ0n) is 60.8. The van der Waals surface area contributed by atoms with Crippen LogP contribution in [0.15, 0.2) is 64.6 Å². The number of ether oxygens (including phenoxy) is 3. The number of carboxylic acid groups (broad SMARTS) is 1. The lowest BCUT2D eigenvalue weighted by Gasteiger charge is -2.40. The third kappa shape index (κ3) is 28.7. The monoisotopic (exact) mass is 1420 g/mol. The molecule has 0 saturated carbocycles. The maximum absolute atomic E-state index is 14.9. The first kappa shape index (κ1) is 84.1. The molecule has 0 radical (unpaired) electrons. The van der Waals surface area contributed by atoms with Crippen LogP contribution in [-0.4, -0.2) is 211 Å². The Morgan fingerprint density at radius 1 is 0.760 bits per heavy atom. The molecule has 2 heterocycles. The number of hydrogen-bond acceptors (Lipinski definition) is 17. The van der Waals surface area contributed by atoms with E-state index < -0.39 is 84.0 Å². The van der Waals surface area contributed by atoms with Crippen molar-refractivity contribution in [3.8, 4) is 5.75 Å². The topological polar surface area (TPSA) is 371 Å². The Morgan fingerprint density at radius 3 is 2.03 bits per heavy atom. The highest BCUT2D eigenvalue weighted by atomic mass is 32.2. The van der Waals surface area contributed by atoms with Crippen LogP contribution in [0.25, 0.3) is 0 Å². The Kier molecular flexibility index (Phi) is 36.5. The molecule has 2 aliphatic heterocycles. The molecular formula is C71H111N13O15S. The highest BCUT2D eigenvalue weighted by Gasteiger charge is 2.39. The second-order valence-corrected chi connectivity index (χ2v) is 27.5. The molecule has 1 fully saturated rings. The molecule has 0 bridgehead atoms. The molecule has 29 heteroatoms. The molecule has 9 atom stereocenters. The van der Waals surface area contributed by atoms with Gasteiger partial charge in [0.1, 0.15) is 36.2 Å². The molecule has 10 N–H and O–H groups in total. The summed E-state index contributed by atoms with van der Waals surface area (Å²) in [5.74, 6) is -4.38. The number of benzene rings is 2. The highest BCUT2D eigenvalue weighted by Crippen LogP contribution is 2.28. The van der Waals surface area contributed by atoms with Crippen LogP contribution < -0.4 is 47.7 Å². The molecule has 0 spiro atoms. The highest BCUT2D eigenvalue weighted by molar-refractivity contribution is 8.02. The Hall–Kier alpha value is -8.31. The molecule has 11 amide bonds. The van der Waals surface area contributed by atoms with Crippen molar-refractivity contribution in [3.05, 3.63) is 70.8 Å². The summed E-state index contributed by atoms with van der Waals surface area (Å²) in [5, 5.41) is 31.0. The van der Waals surface area contributed by atoms with Crippen LogP contribution in [0.4, 0.5) is 20.1 Å². The quantitative estimate of drug-likeness (QED) is 0.0318. The standard InChI is InChI=1S/C71H111N13O15S/c1-14-33-84(67(91)62(46(8)16-3)80-65(89)57-21-17-18-34-81(57)11)58(44(4)5)40-59(97-37-15-2)55-42-100-43-56(77-55)64(88)76-52(38-47(9)68(92)93)39-49-24-28-53(29-25-49)99-71(96)83(13)36-35-82(12)70(95)98-41-50-22-26-51(27-23-50)75-63(87)54(20-19-31-74-69(72)94)78-66(90)61(45(6)7)79-60(86)30-32-73-48(10)85/h22-29,43-47,52,54,57-59,61-62H,14-21,30-42H2,1-13H3,(H,73,85)(H,75,87)(H,76,88)(H,78,90)(H,79,86)(H,80,89)(H,92,93)(H3,72,74,94). The van der Waals surface area contributed by atoms with Gasteiger partial charge in [0.15, 0.2) is 0 Å². The van der Waals surface area contributed by atoms with Gasteiger partial charge in [0, 0.05) is 95.7 Å². The van der Waals surface area contributed by atoms with Crippen LogP contribution in [0.5, 0.6) is 5.75 Å². The summed E-state index contributed by atoms with van der Waals surface area (Å²) >= 11 is 1.40. The smallest absolute Gasteiger partial charge is 0.415 e. The molecule has 100 heavy (non-hydrogen) atoms.